The molecule has 0 fully saturated rings. The van der Waals surface area contributed by atoms with Gasteiger partial charge in [0.05, 0.1) is 0 Å². The van der Waals surface area contributed by atoms with Crippen molar-refractivity contribution in [2.75, 3.05) is 6.66 Å². The first-order valence-electron chi connectivity index (χ1n) is 5.32. The predicted octanol–water partition coefficient (Wildman–Crippen LogP) is 2.94. The highest BCUT2D eigenvalue weighted by molar-refractivity contribution is 7.78. The van der Waals surface area contributed by atoms with E-state index < -0.39 is 7.14 Å². The zero-order valence-electron chi connectivity index (χ0n) is 9.55. The van der Waals surface area contributed by atoms with Crippen LogP contribution >= 0.6 is 7.14 Å². The third kappa shape index (κ3) is 1.96. The summed E-state index contributed by atoms with van der Waals surface area (Å²) in [5.41, 5.74) is 1.09. The summed E-state index contributed by atoms with van der Waals surface area (Å²) in [4.78, 5) is 0. The van der Waals surface area contributed by atoms with E-state index in [0.717, 1.165) is 16.2 Å². The van der Waals surface area contributed by atoms with E-state index in [-0.39, 0.29) is 0 Å². The second-order valence-electron chi connectivity index (χ2n) is 4.05. The van der Waals surface area contributed by atoms with E-state index in [1.54, 1.807) is 0 Å². The predicted molar refractivity (Wildman–Crippen MR) is 70.4 cm³/mol. The summed E-state index contributed by atoms with van der Waals surface area (Å²) in [5, 5.41) is 1.88. The van der Waals surface area contributed by atoms with Gasteiger partial charge in [0, 0.05) is 10.6 Å². The fourth-order valence-corrected chi connectivity index (χ4v) is 4.03. The minimum Gasteiger partial charge on any atom is -0.314 e. The minimum atomic E-state index is -2.43. The highest BCUT2D eigenvalue weighted by Gasteiger charge is 2.21. The van der Waals surface area contributed by atoms with Crippen LogP contribution in [-0.4, -0.2) is 6.66 Å². The Morgan fingerprint density at radius 3 is 2.06 bits per heavy atom. The molecule has 0 N–H and O–H groups in total. The summed E-state index contributed by atoms with van der Waals surface area (Å²) in [7, 11) is -2.43. The van der Waals surface area contributed by atoms with Gasteiger partial charge in [0.1, 0.15) is 7.14 Å². The van der Waals surface area contributed by atoms with E-state index in [1.807, 2.05) is 68.2 Å². The van der Waals surface area contributed by atoms with Gasteiger partial charge in [0.2, 0.25) is 0 Å². The second kappa shape index (κ2) is 4.27. The van der Waals surface area contributed by atoms with Crippen LogP contribution in [0.25, 0.3) is 0 Å². The molecule has 0 aliphatic carbocycles. The molecule has 82 valence electrons. The van der Waals surface area contributed by atoms with Crippen LogP contribution in [0.15, 0.2) is 54.6 Å². The maximum atomic E-state index is 12.8. The average molecular weight is 230 g/mol. The third-order valence-corrected chi connectivity index (χ3v) is 5.53. The van der Waals surface area contributed by atoms with E-state index >= 15 is 0 Å². The molecule has 2 aromatic carbocycles. The molecule has 0 aromatic heterocycles. The molecule has 0 bridgehead atoms. The SMILES string of the molecule is Cc1ccccc1[P@](C)(=O)c1ccccc1. The maximum absolute atomic E-state index is 12.8. The molecule has 0 aliphatic heterocycles. The molecule has 2 rings (SSSR count). The van der Waals surface area contributed by atoms with Crippen molar-refractivity contribution in [2.24, 2.45) is 0 Å². The Bertz CT molecular complexity index is 531. The van der Waals surface area contributed by atoms with Crippen LogP contribution in [-0.2, 0) is 4.57 Å². The van der Waals surface area contributed by atoms with Gasteiger partial charge in [0.25, 0.3) is 0 Å². The lowest BCUT2D eigenvalue weighted by Gasteiger charge is -2.15. The first-order valence-corrected chi connectivity index (χ1v) is 7.47. The van der Waals surface area contributed by atoms with Gasteiger partial charge in [-0.15, -0.1) is 0 Å². The second-order valence-corrected chi connectivity index (χ2v) is 6.89. The summed E-state index contributed by atoms with van der Waals surface area (Å²) in [6, 6.07) is 17.6. The van der Waals surface area contributed by atoms with Crippen molar-refractivity contribution in [1.82, 2.24) is 0 Å². The van der Waals surface area contributed by atoms with Crippen LogP contribution in [0.1, 0.15) is 5.56 Å². The number of hydrogen-bond acceptors (Lipinski definition) is 1. The molecule has 2 aromatic rings. The molecule has 0 saturated heterocycles. The van der Waals surface area contributed by atoms with E-state index in [1.165, 1.54) is 0 Å². The Morgan fingerprint density at radius 2 is 1.44 bits per heavy atom. The van der Waals surface area contributed by atoms with Crippen molar-refractivity contribution in [2.45, 2.75) is 6.92 Å². The number of rotatable bonds is 2. The Morgan fingerprint density at radius 1 is 0.875 bits per heavy atom. The molecular formula is C14H15OP. The lowest BCUT2D eigenvalue weighted by atomic mass is 10.2. The zero-order valence-corrected chi connectivity index (χ0v) is 10.4. The average Bonchev–Trinajstić information content (AvgIpc) is 2.30. The Labute approximate surface area is 96.5 Å². The van der Waals surface area contributed by atoms with E-state index in [0.29, 0.717) is 0 Å². The zero-order chi connectivity index (χ0) is 11.6. The van der Waals surface area contributed by atoms with E-state index in [2.05, 4.69) is 0 Å². The fourth-order valence-electron chi connectivity index (χ4n) is 1.89. The Hall–Kier alpha value is -1.33. The van der Waals surface area contributed by atoms with Gasteiger partial charge in [0.15, 0.2) is 0 Å². The topological polar surface area (TPSA) is 17.1 Å². The Kier molecular flexibility index (Phi) is 2.98. The maximum Gasteiger partial charge on any atom is 0.140 e. The highest BCUT2D eigenvalue weighted by Crippen LogP contribution is 2.39. The van der Waals surface area contributed by atoms with Crippen LogP contribution < -0.4 is 10.6 Å². The molecule has 1 atom stereocenters. The number of hydrogen-bond donors (Lipinski definition) is 0. The van der Waals surface area contributed by atoms with Gasteiger partial charge >= 0.3 is 0 Å². The molecule has 1 nitrogen and oxygen atoms in total. The van der Waals surface area contributed by atoms with Crippen molar-refractivity contribution in [3.05, 3.63) is 60.2 Å². The van der Waals surface area contributed by atoms with Crippen LogP contribution in [0.3, 0.4) is 0 Å². The molecule has 0 heterocycles. The van der Waals surface area contributed by atoms with Crippen LogP contribution in [0.4, 0.5) is 0 Å². The minimum absolute atomic E-state index is 0.921. The third-order valence-electron chi connectivity index (χ3n) is 2.82. The van der Waals surface area contributed by atoms with Crippen molar-refractivity contribution in [3.63, 3.8) is 0 Å². The van der Waals surface area contributed by atoms with Crippen molar-refractivity contribution < 1.29 is 4.57 Å². The highest BCUT2D eigenvalue weighted by atomic mass is 31.2. The molecule has 2 heteroatoms. The van der Waals surface area contributed by atoms with Crippen molar-refractivity contribution >= 4 is 17.8 Å². The normalized spacial score (nSPS) is 14.4. The quantitative estimate of drug-likeness (QED) is 0.725. The largest absolute Gasteiger partial charge is 0.314 e. The summed E-state index contributed by atoms with van der Waals surface area (Å²) in [6.45, 7) is 3.85. The molecule has 16 heavy (non-hydrogen) atoms. The van der Waals surface area contributed by atoms with Crippen LogP contribution in [0, 0.1) is 6.92 Å². The molecule has 0 radical (unpaired) electrons. The van der Waals surface area contributed by atoms with Gasteiger partial charge in [-0.2, -0.15) is 0 Å². The van der Waals surface area contributed by atoms with Crippen molar-refractivity contribution in [1.29, 1.82) is 0 Å². The number of benzene rings is 2. The standard InChI is InChI=1S/C14H15OP/c1-12-8-6-7-11-14(12)16(2,15)13-9-4-3-5-10-13/h3-11H,1-2H3/t16-/m1/s1. The van der Waals surface area contributed by atoms with Crippen molar-refractivity contribution in [3.8, 4) is 0 Å². The molecule has 0 saturated carbocycles. The molecule has 0 amide bonds. The summed E-state index contributed by atoms with van der Waals surface area (Å²) in [6.07, 6.45) is 0. The van der Waals surface area contributed by atoms with E-state index in [4.69, 9.17) is 0 Å². The Balaban J connectivity index is 2.56. The lowest BCUT2D eigenvalue weighted by molar-refractivity contribution is 0.590. The van der Waals surface area contributed by atoms with Crippen LogP contribution in [0.2, 0.25) is 0 Å². The van der Waals surface area contributed by atoms with Gasteiger partial charge in [-0.25, -0.2) is 0 Å². The lowest BCUT2D eigenvalue weighted by Crippen LogP contribution is -2.17. The first kappa shape index (κ1) is 11.2. The first-order chi connectivity index (χ1) is 7.62. The molecule has 0 aliphatic rings. The molecular weight excluding hydrogens is 215 g/mol. The summed E-state index contributed by atoms with van der Waals surface area (Å²) in [5.74, 6) is 0. The smallest absolute Gasteiger partial charge is 0.140 e. The van der Waals surface area contributed by atoms with E-state index in [9.17, 15) is 4.57 Å². The monoisotopic (exact) mass is 230 g/mol. The summed E-state index contributed by atoms with van der Waals surface area (Å²) < 4.78 is 12.8. The number of aryl methyl sites for hydroxylation is 1. The van der Waals surface area contributed by atoms with Gasteiger partial charge in [-0.05, 0) is 19.2 Å². The summed E-state index contributed by atoms with van der Waals surface area (Å²) >= 11 is 0. The molecule has 0 unspecified atom stereocenters. The fraction of sp³-hybridized carbons (Fsp3) is 0.143. The van der Waals surface area contributed by atoms with Gasteiger partial charge in [-0.1, -0.05) is 54.6 Å². The molecule has 0 spiro atoms. The van der Waals surface area contributed by atoms with Gasteiger partial charge in [-0.3, -0.25) is 0 Å². The van der Waals surface area contributed by atoms with Gasteiger partial charge < -0.3 is 4.57 Å². The van der Waals surface area contributed by atoms with Crippen LogP contribution in [0.5, 0.6) is 0 Å².